The number of hydrogen-bond donors (Lipinski definition) is 2. The van der Waals surface area contributed by atoms with Crippen LogP contribution in [0.5, 0.6) is 5.75 Å². The molecule has 8 heteroatoms. The maximum absolute atomic E-state index is 13.1. The number of anilines is 2. The summed E-state index contributed by atoms with van der Waals surface area (Å²) in [5.74, 6) is -0.885. The second-order valence-electron chi connectivity index (χ2n) is 7.07. The zero-order valence-electron chi connectivity index (χ0n) is 17.3. The van der Waals surface area contributed by atoms with Crippen LogP contribution in [0.4, 0.5) is 11.4 Å². The predicted molar refractivity (Wildman–Crippen MR) is 125 cm³/mol. The Morgan fingerprint density at radius 1 is 0.938 bits per heavy atom. The van der Waals surface area contributed by atoms with Crippen molar-refractivity contribution in [1.82, 2.24) is 5.32 Å². The van der Waals surface area contributed by atoms with Gasteiger partial charge >= 0.3 is 0 Å². The number of amides is 3. The van der Waals surface area contributed by atoms with Gasteiger partial charge in [-0.1, -0.05) is 36.4 Å². The van der Waals surface area contributed by atoms with E-state index in [9.17, 15) is 14.4 Å². The van der Waals surface area contributed by atoms with E-state index in [4.69, 9.17) is 17.0 Å². The van der Waals surface area contributed by atoms with Gasteiger partial charge in [0.2, 0.25) is 0 Å². The van der Waals surface area contributed by atoms with Crippen molar-refractivity contribution >= 4 is 46.4 Å². The second-order valence-corrected chi connectivity index (χ2v) is 7.48. The Hall–Kier alpha value is -4.04. The number of imide groups is 1. The van der Waals surface area contributed by atoms with Crippen LogP contribution in [0.2, 0.25) is 0 Å². The summed E-state index contributed by atoms with van der Waals surface area (Å²) < 4.78 is 5.33. The molecule has 1 aliphatic heterocycles. The molecule has 0 saturated carbocycles. The number of benzene rings is 3. The van der Waals surface area contributed by atoms with Gasteiger partial charge < -0.3 is 10.1 Å². The summed E-state index contributed by atoms with van der Waals surface area (Å²) in [6.45, 7) is 1.83. The quantitative estimate of drug-likeness (QED) is 0.467. The fraction of sp³-hybridized carbons (Fsp3) is 0.0833. The molecule has 32 heavy (non-hydrogen) atoms. The van der Waals surface area contributed by atoms with Crippen molar-refractivity contribution in [3.63, 3.8) is 0 Å². The number of fused-ring (bicyclic) bond motifs is 1. The normalized spacial score (nSPS) is 12.4. The number of nitrogens with one attached hydrogen (secondary N) is 2. The molecule has 0 bridgehead atoms. The Morgan fingerprint density at radius 2 is 1.66 bits per heavy atom. The summed E-state index contributed by atoms with van der Waals surface area (Å²) in [7, 11) is 1.49. The van der Waals surface area contributed by atoms with E-state index in [1.165, 1.54) is 7.11 Å². The van der Waals surface area contributed by atoms with Crippen LogP contribution < -0.4 is 20.3 Å². The van der Waals surface area contributed by atoms with Crippen LogP contribution in [0.15, 0.2) is 66.7 Å². The van der Waals surface area contributed by atoms with Crippen LogP contribution in [0.3, 0.4) is 0 Å². The molecule has 2 N–H and O–H groups in total. The fourth-order valence-corrected chi connectivity index (χ4v) is 3.83. The summed E-state index contributed by atoms with van der Waals surface area (Å²) >= 11 is 5.29. The van der Waals surface area contributed by atoms with Gasteiger partial charge in [0.05, 0.1) is 35.2 Å². The lowest BCUT2D eigenvalue weighted by Crippen LogP contribution is -2.35. The molecule has 3 aromatic carbocycles. The number of ether oxygens (including phenoxy) is 1. The minimum Gasteiger partial charge on any atom is -0.496 e. The summed E-state index contributed by atoms with van der Waals surface area (Å²) in [6.07, 6.45) is 0. The third-order valence-electron chi connectivity index (χ3n) is 5.07. The van der Waals surface area contributed by atoms with Gasteiger partial charge in [-0.15, -0.1) is 0 Å². The predicted octanol–water partition coefficient (Wildman–Crippen LogP) is 3.93. The van der Waals surface area contributed by atoms with Crippen LogP contribution in [0, 0.1) is 6.92 Å². The van der Waals surface area contributed by atoms with E-state index >= 15 is 0 Å². The number of carbonyl (C=O) groups excluding carboxylic acids is 3. The zero-order chi connectivity index (χ0) is 22.8. The van der Waals surface area contributed by atoms with Crippen molar-refractivity contribution in [2.45, 2.75) is 6.92 Å². The molecular formula is C24H19N3O4S. The summed E-state index contributed by atoms with van der Waals surface area (Å²) in [6, 6.07) is 18.8. The molecule has 0 spiro atoms. The minimum absolute atomic E-state index is 0.00892. The Labute approximate surface area is 190 Å². The molecule has 0 atom stereocenters. The van der Waals surface area contributed by atoms with E-state index in [-0.39, 0.29) is 16.2 Å². The fourth-order valence-electron chi connectivity index (χ4n) is 3.63. The molecule has 0 aromatic heterocycles. The van der Waals surface area contributed by atoms with E-state index < -0.39 is 17.7 Å². The maximum Gasteiger partial charge on any atom is 0.268 e. The molecule has 1 heterocycles. The first kappa shape index (κ1) is 21.2. The van der Waals surface area contributed by atoms with Gasteiger partial charge in [0, 0.05) is 0 Å². The number of aryl methyl sites for hydroxylation is 1. The highest BCUT2D eigenvalue weighted by atomic mass is 32.1. The molecule has 0 aliphatic carbocycles. The first-order chi connectivity index (χ1) is 15.4. The molecule has 3 aromatic rings. The molecular weight excluding hydrogens is 426 g/mol. The van der Waals surface area contributed by atoms with Gasteiger partial charge in [0.25, 0.3) is 17.7 Å². The Morgan fingerprint density at radius 3 is 2.38 bits per heavy atom. The number of para-hydroxylation sites is 2. The Bertz CT molecular complexity index is 1260. The van der Waals surface area contributed by atoms with Crippen molar-refractivity contribution in [3.8, 4) is 5.75 Å². The van der Waals surface area contributed by atoms with Crippen LogP contribution in [0.25, 0.3) is 0 Å². The number of carbonyl (C=O) groups is 3. The molecule has 0 unspecified atom stereocenters. The van der Waals surface area contributed by atoms with Gasteiger partial charge in [-0.05, 0) is 55.0 Å². The lowest BCUT2D eigenvalue weighted by molar-refractivity contribution is 0.0924. The first-order valence-corrected chi connectivity index (χ1v) is 10.2. The largest absolute Gasteiger partial charge is 0.496 e. The summed E-state index contributed by atoms with van der Waals surface area (Å²) in [5.41, 5.74) is 2.42. The smallest absolute Gasteiger partial charge is 0.268 e. The van der Waals surface area contributed by atoms with Crippen molar-refractivity contribution in [2.24, 2.45) is 0 Å². The highest BCUT2D eigenvalue weighted by Crippen LogP contribution is 2.32. The van der Waals surface area contributed by atoms with E-state index in [0.29, 0.717) is 22.7 Å². The Kier molecular flexibility index (Phi) is 5.70. The van der Waals surface area contributed by atoms with Crippen molar-refractivity contribution < 1.29 is 19.1 Å². The second kappa shape index (κ2) is 8.60. The third kappa shape index (κ3) is 3.72. The average molecular weight is 446 g/mol. The van der Waals surface area contributed by atoms with Crippen LogP contribution in [-0.2, 0) is 0 Å². The third-order valence-corrected chi connectivity index (χ3v) is 5.27. The topological polar surface area (TPSA) is 87.7 Å². The maximum atomic E-state index is 13.1. The van der Waals surface area contributed by atoms with Crippen LogP contribution in [0.1, 0.15) is 36.6 Å². The van der Waals surface area contributed by atoms with Gasteiger partial charge in [0.15, 0.2) is 5.11 Å². The highest BCUT2D eigenvalue weighted by molar-refractivity contribution is 7.80. The SMILES string of the molecule is COc1c(C)cccc1C(=O)NC(=S)Nc1cccc2c1C(=O)N(c1ccccc1)C2=O. The van der Waals surface area contributed by atoms with Crippen LogP contribution in [-0.4, -0.2) is 29.9 Å². The van der Waals surface area contributed by atoms with Gasteiger partial charge in [-0.2, -0.15) is 0 Å². The van der Waals surface area contributed by atoms with Crippen LogP contribution >= 0.6 is 12.2 Å². The Balaban J connectivity index is 1.57. The average Bonchev–Trinajstić information content (AvgIpc) is 3.05. The number of nitrogens with zero attached hydrogens (tertiary/aromatic N) is 1. The number of rotatable bonds is 4. The van der Waals surface area contributed by atoms with E-state index in [1.54, 1.807) is 60.7 Å². The standard InChI is InChI=1S/C24H19N3O4S/c1-14-8-6-12-17(20(14)31-2)21(28)26-24(32)25-18-13-7-11-16-19(18)23(30)27(22(16)29)15-9-4-3-5-10-15/h3-13H,1-2H3,(H2,25,26,28,32). The molecule has 1 aliphatic rings. The summed E-state index contributed by atoms with van der Waals surface area (Å²) in [5, 5.41) is 5.47. The monoisotopic (exact) mass is 445 g/mol. The van der Waals surface area contributed by atoms with Gasteiger partial charge in [-0.3, -0.25) is 19.7 Å². The van der Waals surface area contributed by atoms with Gasteiger partial charge in [-0.25, -0.2) is 4.90 Å². The lowest BCUT2D eigenvalue weighted by Gasteiger charge is -2.15. The molecule has 160 valence electrons. The van der Waals surface area contributed by atoms with E-state index in [2.05, 4.69) is 10.6 Å². The zero-order valence-corrected chi connectivity index (χ0v) is 18.2. The molecule has 4 rings (SSSR count). The number of hydrogen-bond acceptors (Lipinski definition) is 5. The molecule has 0 saturated heterocycles. The first-order valence-electron chi connectivity index (χ1n) is 9.75. The number of thiocarbonyl (C=S) groups is 1. The molecule has 0 fully saturated rings. The highest BCUT2D eigenvalue weighted by Gasteiger charge is 2.38. The molecule has 7 nitrogen and oxygen atoms in total. The molecule has 3 amide bonds. The minimum atomic E-state index is -0.464. The number of methoxy groups -OCH3 is 1. The van der Waals surface area contributed by atoms with Crippen molar-refractivity contribution in [2.75, 3.05) is 17.3 Å². The van der Waals surface area contributed by atoms with Gasteiger partial charge in [0.1, 0.15) is 5.75 Å². The van der Waals surface area contributed by atoms with E-state index in [0.717, 1.165) is 10.5 Å². The summed E-state index contributed by atoms with van der Waals surface area (Å²) in [4.78, 5) is 39.8. The van der Waals surface area contributed by atoms with E-state index in [1.807, 2.05) is 13.0 Å². The molecule has 0 radical (unpaired) electrons. The van der Waals surface area contributed by atoms with Crippen molar-refractivity contribution in [3.05, 3.63) is 89.0 Å². The van der Waals surface area contributed by atoms with Crippen molar-refractivity contribution in [1.29, 1.82) is 0 Å². The lowest BCUT2D eigenvalue weighted by atomic mass is 10.1.